The number of Topliss-reactive ketones (excluding diaryl/α,β-unsaturated/α-hetero) is 1. The Kier molecular flexibility index (Phi) is 2.64. The van der Waals surface area contributed by atoms with E-state index in [0.29, 0.717) is 24.3 Å². The first-order valence-electron chi connectivity index (χ1n) is 8.45. The molecule has 1 saturated heterocycles. The van der Waals surface area contributed by atoms with Gasteiger partial charge >= 0.3 is 0 Å². The molecule has 128 valence electrons. The van der Waals surface area contributed by atoms with Gasteiger partial charge in [0.1, 0.15) is 5.60 Å². The zero-order valence-corrected chi connectivity index (χ0v) is 13.8. The third-order valence-electron chi connectivity index (χ3n) is 6.78. The van der Waals surface area contributed by atoms with Gasteiger partial charge in [-0.25, -0.2) is 0 Å². The molecule has 1 aromatic carbocycles. The maximum Gasteiger partial charge on any atom is 0.177 e. The number of carbonyl (C=O) groups is 1. The van der Waals surface area contributed by atoms with Crippen LogP contribution in [-0.2, 0) is 16.6 Å². The van der Waals surface area contributed by atoms with E-state index in [1.54, 1.807) is 7.11 Å². The molecule has 2 aliphatic heterocycles. The molecule has 1 saturated carbocycles. The third-order valence-corrected chi connectivity index (χ3v) is 6.78. The zero-order chi connectivity index (χ0) is 16.9. The molecule has 2 bridgehead atoms. The van der Waals surface area contributed by atoms with Crippen LogP contribution in [0.25, 0.3) is 0 Å². The van der Waals surface area contributed by atoms with Gasteiger partial charge in [0.05, 0.1) is 18.6 Å². The van der Waals surface area contributed by atoms with Gasteiger partial charge in [0.2, 0.25) is 0 Å². The second-order valence-electron chi connectivity index (χ2n) is 7.56. The van der Waals surface area contributed by atoms with Crippen LogP contribution in [0.1, 0.15) is 24.0 Å². The molecule has 6 nitrogen and oxygen atoms in total. The summed E-state index contributed by atoms with van der Waals surface area (Å²) in [5.41, 5.74) is -0.304. The topological polar surface area (TPSA) is 79.2 Å². The van der Waals surface area contributed by atoms with Crippen molar-refractivity contribution in [2.75, 3.05) is 20.7 Å². The normalized spacial score (nSPS) is 42.5. The molecule has 1 aromatic rings. The van der Waals surface area contributed by atoms with E-state index >= 15 is 0 Å². The third kappa shape index (κ3) is 1.31. The van der Waals surface area contributed by atoms with Crippen molar-refractivity contribution < 1.29 is 24.5 Å². The van der Waals surface area contributed by atoms with E-state index < -0.39 is 23.2 Å². The number of hydrogen-bond acceptors (Lipinski definition) is 6. The lowest BCUT2D eigenvalue weighted by atomic mass is 9.48. The standard InChI is InChI=1S/C18H21NO5/c1-19-6-5-17-14-9-3-4-11(23-2)15(14)24-16(17)10(20)8-13(21)18(17,22)12(19)7-9/h3-4,12-13,16,21-22H,5-8H2,1-2H3/t12-,13-,16+,17?,18+/m1/s1. The molecule has 2 heterocycles. The van der Waals surface area contributed by atoms with Crippen molar-refractivity contribution in [3.05, 3.63) is 23.3 Å². The Morgan fingerprint density at radius 1 is 1.38 bits per heavy atom. The maximum atomic E-state index is 12.7. The second kappa shape index (κ2) is 4.31. The first kappa shape index (κ1) is 14.7. The number of rotatable bonds is 1. The molecule has 0 amide bonds. The summed E-state index contributed by atoms with van der Waals surface area (Å²) in [5.74, 6) is 1.02. The highest BCUT2D eigenvalue weighted by Gasteiger charge is 2.75. The summed E-state index contributed by atoms with van der Waals surface area (Å²) in [4.78, 5) is 14.8. The molecule has 1 unspecified atom stereocenters. The summed E-state index contributed by atoms with van der Waals surface area (Å²) in [6.07, 6.45) is -0.686. The average Bonchev–Trinajstić information content (AvgIpc) is 2.91. The van der Waals surface area contributed by atoms with Crippen LogP contribution in [0.4, 0.5) is 0 Å². The van der Waals surface area contributed by atoms with Crippen LogP contribution < -0.4 is 9.47 Å². The SMILES string of the molecule is COc1ccc2c3c1O[C@H]1C(=O)C[C@@H](O)[C@@]4(O)[C@@H](C2)N(C)CCC314. The van der Waals surface area contributed by atoms with Crippen molar-refractivity contribution in [2.45, 2.75) is 48.5 Å². The van der Waals surface area contributed by atoms with Gasteiger partial charge in [-0.15, -0.1) is 0 Å². The van der Waals surface area contributed by atoms with Crippen molar-refractivity contribution in [2.24, 2.45) is 0 Å². The molecule has 6 heteroatoms. The van der Waals surface area contributed by atoms with Crippen LogP contribution in [-0.4, -0.2) is 65.4 Å². The summed E-state index contributed by atoms with van der Waals surface area (Å²) in [6.45, 7) is 0.753. The zero-order valence-electron chi connectivity index (χ0n) is 13.8. The van der Waals surface area contributed by atoms with Gasteiger partial charge in [0, 0.05) is 18.0 Å². The van der Waals surface area contributed by atoms with E-state index in [1.165, 1.54) is 0 Å². The predicted molar refractivity (Wildman–Crippen MR) is 84.4 cm³/mol. The number of hydrogen-bond donors (Lipinski definition) is 2. The van der Waals surface area contributed by atoms with E-state index in [-0.39, 0.29) is 18.2 Å². The van der Waals surface area contributed by atoms with E-state index in [0.717, 1.165) is 17.7 Å². The number of likely N-dealkylation sites (tertiary alicyclic amines) is 1. The Bertz CT molecular complexity index is 764. The molecule has 1 spiro atoms. The van der Waals surface area contributed by atoms with E-state index in [4.69, 9.17) is 9.47 Å². The van der Waals surface area contributed by atoms with Crippen LogP contribution in [0.3, 0.4) is 0 Å². The fraction of sp³-hybridized carbons (Fsp3) is 0.611. The number of nitrogens with zero attached hydrogens (tertiary/aromatic N) is 1. The molecule has 0 radical (unpaired) electrons. The largest absolute Gasteiger partial charge is 0.493 e. The van der Waals surface area contributed by atoms with E-state index in [9.17, 15) is 15.0 Å². The molecule has 4 aliphatic rings. The summed E-state index contributed by atoms with van der Waals surface area (Å²) in [6, 6.07) is 3.64. The molecule has 2 aliphatic carbocycles. The number of ketones is 1. The lowest BCUT2D eigenvalue weighted by molar-refractivity contribution is -0.226. The number of ether oxygens (including phenoxy) is 2. The van der Waals surface area contributed by atoms with Crippen molar-refractivity contribution >= 4 is 5.78 Å². The van der Waals surface area contributed by atoms with Gasteiger partial charge in [0.25, 0.3) is 0 Å². The van der Waals surface area contributed by atoms with Gasteiger partial charge in [-0.2, -0.15) is 0 Å². The highest BCUT2D eigenvalue weighted by Crippen LogP contribution is 2.64. The Balaban J connectivity index is 1.87. The van der Waals surface area contributed by atoms with Crippen LogP contribution in [0.15, 0.2) is 12.1 Å². The second-order valence-corrected chi connectivity index (χ2v) is 7.56. The molecular formula is C18H21NO5. The van der Waals surface area contributed by atoms with Gasteiger partial charge in [-0.3, -0.25) is 4.79 Å². The molecule has 24 heavy (non-hydrogen) atoms. The Labute approximate surface area is 140 Å². The number of methoxy groups -OCH3 is 1. The molecule has 5 atom stereocenters. The Morgan fingerprint density at radius 2 is 2.17 bits per heavy atom. The van der Waals surface area contributed by atoms with Crippen LogP contribution in [0.2, 0.25) is 0 Å². The number of aliphatic hydroxyl groups is 2. The molecule has 0 aromatic heterocycles. The van der Waals surface area contributed by atoms with Gasteiger partial charge < -0.3 is 24.6 Å². The summed E-state index contributed by atoms with van der Waals surface area (Å²) >= 11 is 0. The summed E-state index contributed by atoms with van der Waals surface area (Å²) < 4.78 is 11.5. The van der Waals surface area contributed by atoms with Crippen LogP contribution in [0, 0.1) is 0 Å². The van der Waals surface area contributed by atoms with Crippen molar-refractivity contribution in [3.63, 3.8) is 0 Å². The highest BCUT2D eigenvalue weighted by molar-refractivity contribution is 5.90. The quantitative estimate of drug-likeness (QED) is 0.755. The summed E-state index contributed by atoms with van der Waals surface area (Å²) in [7, 11) is 3.54. The van der Waals surface area contributed by atoms with Crippen molar-refractivity contribution in [3.8, 4) is 11.5 Å². The first-order chi connectivity index (χ1) is 11.4. The fourth-order valence-corrected chi connectivity index (χ4v) is 5.73. The molecule has 2 fully saturated rings. The van der Waals surface area contributed by atoms with Crippen LogP contribution in [0.5, 0.6) is 11.5 Å². The highest BCUT2D eigenvalue weighted by atomic mass is 16.5. The smallest absolute Gasteiger partial charge is 0.177 e. The number of carbonyl (C=O) groups excluding carboxylic acids is 1. The first-order valence-corrected chi connectivity index (χ1v) is 8.45. The van der Waals surface area contributed by atoms with Crippen molar-refractivity contribution in [1.29, 1.82) is 0 Å². The minimum atomic E-state index is -1.39. The summed E-state index contributed by atoms with van der Waals surface area (Å²) in [5, 5.41) is 22.5. The minimum Gasteiger partial charge on any atom is -0.493 e. The van der Waals surface area contributed by atoms with Crippen LogP contribution >= 0.6 is 0 Å². The minimum absolute atomic E-state index is 0.0705. The lowest BCUT2D eigenvalue weighted by Gasteiger charge is -2.63. The predicted octanol–water partition coefficient (Wildman–Crippen LogP) is 0.0190. The average molecular weight is 331 g/mol. The van der Waals surface area contributed by atoms with Gasteiger partial charge in [-0.05, 0) is 38.1 Å². The lowest BCUT2D eigenvalue weighted by Crippen LogP contribution is -2.80. The molecule has 5 rings (SSSR count). The monoisotopic (exact) mass is 331 g/mol. The number of piperidine rings is 1. The maximum absolute atomic E-state index is 12.7. The van der Waals surface area contributed by atoms with E-state index in [1.807, 2.05) is 19.2 Å². The van der Waals surface area contributed by atoms with E-state index in [2.05, 4.69) is 4.90 Å². The Morgan fingerprint density at radius 3 is 2.92 bits per heavy atom. The van der Waals surface area contributed by atoms with Crippen molar-refractivity contribution in [1.82, 2.24) is 4.90 Å². The molecule has 2 N–H and O–H groups in total. The number of likely N-dealkylation sites (N-methyl/N-ethyl adjacent to an activating group) is 1. The Hall–Kier alpha value is -1.63. The molecular weight excluding hydrogens is 310 g/mol. The number of aliphatic hydroxyl groups excluding tert-OH is 1. The fourth-order valence-electron chi connectivity index (χ4n) is 5.73. The van der Waals surface area contributed by atoms with Gasteiger partial charge in [-0.1, -0.05) is 6.07 Å². The van der Waals surface area contributed by atoms with Gasteiger partial charge in [0.15, 0.2) is 23.4 Å². The number of benzene rings is 1.